The Morgan fingerprint density at radius 1 is 1.25 bits per heavy atom. The van der Waals surface area contributed by atoms with Crippen molar-refractivity contribution in [2.75, 3.05) is 0 Å². The Labute approximate surface area is 117 Å². The molecule has 6 nitrogen and oxygen atoms in total. The summed E-state index contributed by atoms with van der Waals surface area (Å²) in [5.41, 5.74) is 0.918. The van der Waals surface area contributed by atoms with Crippen LogP contribution in [0.1, 0.15) is 30.0 Å². The van der Waals surface area contributed by atoms with E-state index in [4.69, 9.17) is 4.42 Å². The number of nitrogens with zero attached hydrogens (tertiary/aromatic N) is 5. The monoisotopic (exact) mass is 271 g/mol. The summed E-state index contributed by atoms with van der Waals surface area (Å²) in [5.74, 6) is 2.85. The minimum Gasteiger partial charge on any atom is -0.464 e. The molecule has 3 heterocycles. The highest BCUT2D eigenvalue weighted by Gasteiger charge is 2.07. The number of imidazole rings is 1. The van der Waals surface area contributed by atoms with Crippen LogP contribution in [0.2, 0.25) is 0 Å². The number of rotatable bonds is 5. The molecule has 0 amide bonds. The summed E-state index contributed by atoms with van der Waals surface area (Å²) in [7, 11) is 0. The van der Waals surface area contributed by atoms with Crippen molar-refractivity contribution in [3.63, 3.8) is 0 Å². The first kappa shape index (κ1) is 12.7. The fraction of sp³-hybridized carbons (Fsp3) is 0.357. The van der Waals surface area contributed by atoms with E-state index in [0.717, 1.165) is 29.5 Å². The molecule has 0 fully saturated rings. The Hall–Kier alpha value is -2.37. The molecule has 0 saturated carbocycles. The van der Waals surface area contributed by atoms with Gasteiger partial charge in [0, 0.05) is 18.8 Å². The summed E-state index contributed by atoms with van der Waals surface area (Å²) in [6.45, 7) is 5.32. The van der Waals surface area contributed by atoms with E-state index < -0.39 is 0 Å². The SMILES string of the molecule is CCc1nccn1Cc1cn(Cc2ccc(C)o2)nn1. The zero-order valence-electron chi connectivity index (χ0n) is 11.7. The quantitative estimate of drug-likeness (QED) is 0.712. The third-order valence-electron chi connectivity index (χ3n) is 3.15. The summed E-state index contributed by atoms with van der Waals surface area (Å²) in [5, 5.41) is 8.32. The summed E-state index contributed by atoms with van der Waals surface area (Å²) >= 11 is 0. The molecular weight excluding hydrogens is 254 g/mol. The predicted molar refractivity (Wildman–Crippen MR) is 73.3 cm³/mol. The maximum Gasteiger partial charge on any atom is 0.125 e. The van der Waals surface area contributed by atoms with Crippen LogP contribution >= 0.6 is 0 Å². The van der Waals surface area contributed by atoms with Gasteiger partial charge in [-0.15, -0.1) is 5.10 Å². The van der Waals surface area contributed by atoms with E-state index in [0.29, 0.717) is 13.1 Å². The molecule has 0 radical (unpaired) electrons. The van der Waals surface area contributed by atoms with E-state index in [1.807, 2.05) is 37.6 Å². The minimum atomic E-state index is 0.603. The van der Waals surface area contributed by atoms with E-state index in [1.54, 1.807) is 4.68 Å². The molecule has 20 heavy (non-hydrogen) atoms. The second kappa shape index (κ2) is 5.32. The van der Waals surface area contributed by atoms with E-state index in [-0.39, 0.29) is 0 Å². The van der Waals surface area contributed by atoms with Gasteiger partial charge in [-0.3, -0.25) is 0 Å². The first-order valence-electron chi connectivity index (χ1n) is 6.69. The second-order valence-electron chi connectivity index (χ2n) is 4.74. The Bertz CT molecular complexity index is 694. The lowest BCUT2D eigenvalue weighted by Gasteiger charge is -2.02. The number of aromatic nitrogens is 5. The molecule has 0 aliphatic carbocycles. The molecule has 0 atom stereocenters. The third kappa shape index (κ3) is 2.64. The van der Waals surface area contributed by atoms with Crippen LogP contribution in [0.15, 0.2) is 35.1 Å². The lowest BCUT2D eigenvalue weighted by atomic mass is 10.4. The van der Waals surface area contributed by atoms with E-state index in [2.05, 4.69) is 26.8 Å². The first-order valence-corrected chi connectivity index (χ1v) is 6.69. The van der Waals surface area contributed by atoms with Gasteiger partial charge in [0.25, 0.3) is 0 Å². The van der Waals surface area contributed by atoms with Gasteiger partial charge in [-0.05, 0) is 19.1 Å². The summed E-state index contributed by atoms with van der Waals surface area (Å²) in [6, 6.07) is 3.91. The molecule has 3 aromatic heterocycles. The highest BCUT2D eigenvalue weighted by atomic mass is 16.3. The molecule has 0 aliphatic rings. The maximum absolute atomic E-state index is 5.54. The largest absolute Gasteiger partial charge is 0.464 e. The van der Waals surface area contributed by atoms with Gasteiger partial charge in [-0.1, -0.05) is 12.1 Å². The predicted octanol–water partition coefficient (Wildman–Crippen LogP) is 2.04. The molecule has 0 spiro atoms. The van der Waals surface area contributed by atoms with Crippen molar-refractivity contribution < 1.29 is 4.42 Å². The molecule has 0 unspecified atom stereocenters. The maximum atomic E-state index is 5.54. The van der Waals surface area contributed by atoms with Crippen molar-refractivity contribution in [1.29, 1.82) is 0 Å². The normalized spacial score (nSPS) is 11.1. The van der Waals surface area contributed by atoms with Crippen LogP contribution in [0.5, 0.6) is 0 Å². The van der Waals surface area contributed by atoms with Gasteiger partial charge in [-0.2, -0.15) is 0 Å². The Morgan fingerprint density at radius 3 is 2.90 bits per heavy atom. The van der Waals surface area contributed by atoms with Gasteiger partial charge in [-0.25, -0.2) is 9.67 Å². The lowest BCUT2D eigenvalue weighted by Crippen LogP contribution is -2.03. The molecule has 0 aliphatic heterocycles. The van der Waals surface area contributed by atoms with Crippen LogP contribution < -0.4 is 0 Å². The Morgan fingerprint density at radius 2 is 2.15 bits per heavy atom. The zero-order chi connectivity index (χ0) is 13.9. The highest BCUT2D eigenvalue weighted by Crippen LogP contribution is 2.09. The summed E-state index contributed by atoms with van der Waals surface area (Å²) in [6.07, 6.45) is 6.63. The molecule has 3 rings (SSSR count). The molecular formula is C14H17N5O. The summed E-state index contributed by atoms with van der Waals surface area (Å²) in [4.78, 5) is 4.30. The standard InChI is InChI=1S/C14H17N5O/c1-3-14-15-6-7-18(14)8-12-9-19(17-16-12)10-13-5-4-11(2)20-13/h4-7,9H,3,8,10H2,1-2H3. The van der Waals surface area contributed by atoms with Gasteiger partial charge in [0.1, 0.15) is 29.6 Å². The van der Waals surface area contributed by atoms with Crippen molar-refractivity contribution in [3.8, 4) is 0 Å². The van der Waals surface area contributed by atoms with Crippen molar-refractivity contribution >= 4 is 0 Å². The molecule has 3 aromatic rings. The molecule has 104 valence electrons. The highest BCUT2D eigenvalue weighted by molar-refractivity contribution is 5.06. The van der Waals surface area contributed by atoms with Crippen LogP contribution in [0, 0.1) is 6.92 Å². The van der Waals surface area contributed by atoms with Gasteiger partial charge in [0.05, 0.1) is 12.7 Å². The lowest BCUT2D eigenvalue weighted by molar-refractivity contribution is 0.455. The van der Waals surface area contributed by atoms with Crippen molar-refractivity contribution in [1.82, 2.24) is 24.5 Å². The van der Waals surface area contributed by atoms with Crippen LogP contribution in [-0.4, -0.2) is 24.5 Å². The van der Waals surface area contributed by atoms with Crippen LogP contribution in [0.25, 0.3) is 0 Å². The fourth-order valence-electron chi connectivity index (χ4n) is 2.19. The fourth-order valence-corrected chi connectivity index (χ4v) is 2.19. The molecule has 0 saturated heterocycles. The van der Waals surface area contributed by atoms with Crippen molar-refractivity contribution in [2.45, 2.75) is 33.4 Å². The molecule has 6 heteroatoms. The topological polar surface area (TPSA) is 61.7 Å². The van der Waals surface area contributed by atoms with Gasteiger partial charge >= 0.3 is 0 Å². The van der Waals surface area contributed by atoms with Crippen molar-refractivity contribution in [3.05, 3.63) is 53.8 Å². The Balaban J connectivity index is 1.70. The second-order valence-corrected chi connectivity index (χ2v) is 4.74. The van der Waals surface area contributed by atoms with Crippen LogP contribution in [0.4, 0.5) is 0 Å². The van der Waals surface area contributed by atoms with E-state index in [1.165, 1.54) is 0 Å². The molecule has 0 bridgehead atoms. The van der Waals surface area contributed by atoms with Gasteiger partial charge in [0.15, 0.2) is 0 Å². The third-order valence-corrected chi connectivity index (χ3v) is 3.15. The number of hydrogen-bond acceptors (Lipinski definition) is 4. The number of aryl methyl sites for hydroxylation is 2. The minimum absolute atomic E-state index is 0.603. The average Bonchev–Trinajstić information content (AvgIpc) is 3.13. The molecule has 0 N–H and O–H groups in total. The van der Waals surface area contributed by atoms with Crippen LogP contribution in [-0.2, 0) is 19.5 Å². The van der Waals surface area contributed by atoms with Gasteiger partial charge in [0.2, 0.25) is 0 Å². The van der Waals surface area contributed by atoms with Crippen LogP contribution in [0.3, 0.4) is 0 Å². The average molecular weight is 271 g/mol. The number of furan rings is 1. The van der Waals surface area contributed by atoms with Crippen molar-refractivity contribution in [2.24, 2.45) is 0 Å². The zero-order valence-corrected chi connectivity index (χ0v) is 11.7. The summed E-state index contributed by atoms with van der Waals surface area (Å²) < 4.78 is 9.41. The number of hydrogen-bond donors (Lipinski definition) is 0. The van der Waals surface area contributed by atoms with Gasteiger partial charge < -0.3 is 8.98 Å². The smallest absolute Gasteiger partial charge is 0.125 e. The van der Waals surface area contributed by atoms with E-state index >= 15 is 0 Å². The van der Waals surface area contributed by atoms with E-state index in [9.17, 15) is 0 Å². The molecule has 0 aromatic carbocycles. The Kier molecular flexibility index (Phi) is 3.37. The first-order chi connectivity index (χ1) is 9.74.